The van der Waals surface area contributed by atoms with Gasteiger partial charge in [-0.05, 0) is 83.8 Å². The van der Waals surface area contributed by atoms with Gasteiger partial charge in [-0.2, -0.15) is 0 Å². The Hall–Kier alpha value is -1.82. The summed E-state index contributed by atoms with van der Waals surface area (Å²) in [6.07, 6.45) is 3.51. The van der Waals surface area contributed by atoms with Crippen molar-refractivity contribution >= 4 is 34.3 Å². The fourth-order valence-electron chi connectivity index (χ4n) is 4.91. The van der Waals surface area contributed by atoms with Crippen molar-refractivity contribution < 1.29 is 9.47 Å². The second kappa shape index (κ2) is 11.7. The predicted octanol–water partition coefficient (Wildman–Crippen LogP) is 7.08. The van der Waals surface area contributed by atoms with Gasteiger partial charge in [0.05, 0.1) is 18.3 Å². The molecular formula is C29H37NO2S2. The summed E-state index contributed by atoms with van der Waals surface area (Å²) < 4.78 is 11.0. The number of rotatable bonds is 10. The Kier molecular flexibility index (Phi) is 8.73. The van der Waals surface area contributed by atoms with Crippen molar-refractivity contribution in [2.24, 2.45) is 5.92 Å². The van der Waals surface area contributed by atoms with Crippen LogP contribution in [0.3, 0.4) is 0 Å². The SMILES string of the molecule is COc1ccc(CCN(C)CC(C)CC2(c3ccc4ccccc4c3)SCCCS2)cc1OC. The monoisotopic (exact) mass is 495 g/mol. The maximum absolute atomic E-state index is 5.47. The second-order valence-electron chi connectivity index (χ2n) is 9.38. The molecule has 0 radical (unpaired) electrons. The predicted molar refractivity (Wildman–Crippen MR) is 150 cm³/mol. The van der Waals surface area contributed by atoms with Gasteiger partial charge < -0.3 is 14.4 Å². The number of likely N-dealkylation sites (N-methyl/N-ethyl adjacent to an activating group) is 1. The molecule has 0 amide bonds. The molecule has 0 N–H and O–H groups in total. The van der Waals surface area contributed by atoms with Crippen molar-refractivity contribution in [1.82, 2.24) is 4.90 Å². The lowest BCUT2D eigenvalue weighted by Gasteiger charge is -2.39. The van der Waals surface area contributed by atoms with E-state index in [9.17, 15) is 0 Å². The minimum absolute atomic E-state index is 0.159. The number of nitrogens with zero attached hydrogens (tertiary/aromatic N) is 1. The highest BCUT2D eigenvalue weighted by molar-refractivity contribution is 8.18. The summed E-state index contributed by atoms with van der Waals surface area (Å²) in [5, 5.41) is 2.68. The molecule has 3 aromatic rings. The highest BCUT2D eigenvalue weighted by Gasteiger charge is 2.37. The molecule has 1 unspecified atom stereocenters. The molecule has 3 aromatic carbocycles. The largest absolute Gasteiger partial charge is 0.493 e. The van der Waals surface area contributed by atoms with Gasteiger partial charge in [0.2, 0.25) is 0 Å². The van der Waals surface area contributed by atoms with E-state index in [1.807, 2.05) is 6.07 Å². The molecule has 1 fully saturated rings. The first-order valence-electron chi connectivity index (χ1n) is 12.2. The van der Waals surface area contributed by atoms with E-state index < -0.39 is 0 Å². The van der Waals surface area contributed by atoms with Gasteiger partial charge in [0.25, 0.3) is 0 Å². The summed E-state index contributed by atoms with van der Waals surface area (Å²) >= 11 is 4.33. The van der Waals surface area contributed by atoms with E-state index in [1.54, 1.807) is 14.2 Å². The second-order valence-corrected chi connectivity index (χ2v) is 12.4. The zero-order valence-corrected chi connectivity index (χ0v) is 22.5. The molecule has 0 saturated carbocycles. The normalized spacial score (nSPS) is 16.5. The molecule has 0 spiro atoms. The molecule has 1 heterocycles. The molecule has 0 aromatic heterocycles. The molecule has 1 atom stereocenters. The van der Waals surface area contributed by atoms with Crippen LogP contribution in [-0.2, 0) is 10.5 Å². The first-order chi connectivity index (χ1) is 16.5. The van der Waals surface area contributed by atoms with Crippen molar-refractivity contribution in [3.05, 3.63) is 71.8 Å². The summed E-state index contributed by atoms with van der Waals surface area (Å²) in [7, 11) is 5.63. The quantitative estimate of drug-likeness (QED) is 0.299. The molecule has 34 heavy (non-hydrogen) atoms. The lowest BCUT2D eigenvalue weighted by atomic mass is 9.97. The highest BCUT2D eigenvalue weighted by atomic mass is 32.2. The van der Waals surface area contributed by atoms with Gasteiger partial charge in [-0.15, -0.1) is 23.5 Å². The molecule has 5 heteroatoms. The van der Waals surface area contributed by atoms with Crippen molar-refractivity contribution in [2.75, 3.05) is 45.9 Å². The Bertz CT molecular complexity index is 1080. The van der Waals surface area contributed by atoms with Crippen molar-refractivity contribution in [2.45, 2.75) is 30.3 Å². The Morgan fingerprint density at radius 1 is 0.912 bits per heavy atom. The Labute approximate surface area is 213 Å². The minimum Gasteiger partial charge on any atom is -0.493 e. The Morgan fingerprint density at radius 3 is 2.38 bits per heavy atom. The molecule has 1 aliphatic heterocycles. The van der Waals surface area contributed by atoms with Crippen LogP contribution in [0.2, 0.25) is 0 Å². The summed E-state index contributed by atoms with van der Waals surface area (Å²) in [4.78, 5) is 2.48. The van der Waals surface area contributed by atoms with Gasteiger partial charge in [-0.25, -0.2) is 0 Å². The van der Waals surface area contributed by atoms with Gasteiger partial charge in [0.15, 0.2) is 11.5 Å². The molecule has 1 saturated heterocycles. The minimum atomic E-state index is 0.159. The van der Waals surface area contributed by atoms with Crippen LogP contribution < -0.4 is 9.47 Å². The number of hydrogen-bond acceptors (Lipinski definition) is 5. The number of thioether (sulfide) groups is 2. The van der Waals surface area contributed by atoms with Crippen LogP contribution in [0.5, 0.6) is 11.5 Å². The lowest BCUT2D eigenvalue weighted by Crippen LogP contribution is -2.32. The van der Waals surface area contributed by atoms with Crippen LogP contribution in [0.25, 0.3) is 10.8 Å². The number of ether oxygens (including phenoxy) is 2. The van der Waals surface area contributed by atoms with Gasteiger partial charge >= 0.3 is 0 Å². The van der Waals surface area contributed by atoms with Gasteiger partial charge in [-0.1, -0.05) is 49.4 Å². The molecule has 4 rings (SSSR count). The van der Waals surface area contributed by atoms with E-state index in [1.165, 1.54) is 46.2 Å². The van der Waals surface area contributed by atoms with E-state index in [4.69, 9.17) is 9.47 Å². The smallest absolute Gasteiger partial charge is 0.160 e. The molecule has 3 nitrogen and oxygen atoms in total. The molecule has 182 valence electrons. The van der Waals surface area contributed by atoms with Crippen molar-refractivity contribution in [1.29, 1.82) is 0 Å². The average Bonchev–Trinajstić information content (AvgIpc) is 2.87. The third-order valence-electron chi connectivity index (χ3n) is 6.62. The first-order valence-corrected chi connectivity index (χ1v) is 14.2. The van der Waals surface area contributed by atoms with E-state index in [-0.39, 0.29) is 4.08 Å². The highest BCUT2D eigenvalue weighted by Crippen LogP contribution is 2.54. The summed E-state index contributed by atoms with van der Waals surface area (Å²) in [5.41, 5.74) is 2.77. The molecular weight excluding hydrogens is 458 g/mol. The average molecular weight is 496 g/mol. The van der Waals surface area contributed by atoms with Crippen LogP contribution in [0, 0.1) is 5.92 Å². The van der Waals surface area contributed by atoms with Crippen LogP contribution in [0.1, 0.15) is 30.9 Å². The number of fused-ring (bicyclic) bond motifs is 1. The van der Waals surface area contributed by atoms with Crippen molar-refractivity contribution in [3.63, 3.8) is 0 Å². The Balaban J connectivity index is 1.40. The summed E-state index contributed by atoms with van der Waals surface area (Å²) in [6.45, 7) is 4.55. The standard InChI is InChI=1S/C29H37NO2S2/c1-22(21-30(2)15-14-23-10-13-27(31-3)28(18-23)32-4)20-29(33-16-7-17-34-29)26-12-11-24-8-5-6-9-25(24)19-26/h5-6,8-13,18-19,22H,7,14-17,20-21H2,1-4H3. The van der Waals surface area contributed by atoms with Crippen LogP contribution in [-0.4, -0.2) is 50.8 Å². The van der Waals surface area contributed by atoms with E-state index in [0.717, 1.165) is 31.0 Å². The number of benzene rings is 3. The summed E-state index contributed by atoms with van der Waals surface area (Å²) in [5.74, 6) is 4.71. The zero-order chi connectivity index (χ0) is 24.0. The van der Waals surface area contributed by atoms with Gasteiger partial charge in [-0.3, -0.25) is 0 Å². The zero-order valence-electron chi connectivity index (χ0n) is 20.9. The third-order valence-corrected chi connectivity index (χ3v) is 10.0. The lowest BCUT2D eigenvalue weighted by molar-refractivity contribution is 0.277. The first kappa shape index (κ1) is 25.3. The summed E-state index contributed by atoms with van der Waals surface area (Å²) in [6, 6.07) is 22.1. The fraction of sp³-hybridized carbons (Fsp3) is 0.448. The maximum Gasteiger partial charge on any atom is 0.160 e. The van der Waals surface area contributed by atoms with Gasteiger partial charge in [0, 0.05) is 13.1 Å². The van der Waals surface area contributed by atoms with E-state index in [0.29, 0.717) is 5.92 Å². The fourth-order valence-corrected chi connectivity index (χ4v) is 8.55. The van der Waals surface area contributed by atoms with Crippen LogP contribution in [0.4, 0.5) is 0 Å². The molecule has 1 aliphatic rings. The van der Waals surface area contributed by atoms with E-state index >= 15 is 0 Å². The van der Waals surface area contributed by atoms with Gasteiger partial charge in [0.1, 0.15) is 0 Å². The number of hydrogen-bond donors (Lipinski definition) is 0. The maximum atomic E-state index is 5.47. The van der Waals surface area contributed by atoms with Crippen LogP contribution >= 0.6 is 23.5 Å². The number of methoxy groups -OCH3 is 2. The topological polar surface area (TPSA) is 21.7 Å². The molecule has 0 aliphatic carbocycles. The van der Waals surface area contributed by atoms with E-state index in [2.05, 4.69) is 97.0 Å². The van der Waals surface area contributed by atoms with Crippen molar-refractivity contribution in [3.8, 4) is 11.5 Å². The Morgan fingerprint density at radius 2 is 1.65 bits per heavy atom. The van der Waals surface area contributed by atoms with Crippen LogP contribution in [0.15, 0.2) is 60.7 Å². The molecule has 0 bridgehead atoms. The third kappa shape index (κ3) is 6.05.